The highest BCUT2D eigenvalue weighted by Crippen LogP contribution is 2.28. The topological polar surface area (TPSA) is 135 Å². The van der Waals surface area contributed by atoms with Gasteiger partial charge < -0.3 is 35.1 Å². The smallest absolute Gasteiger partial charge is 0.255 e. The van der Waals surface area contributed by atoms with Crippen LogP contribution in [-0.2, 0) is 20.8 Å². The number of para-hydroxylation sites is 1. The average molecular weight is 653 g/mol. The maximum atomic E-state index is 13.8. The highest BCUT2D eigenvalue weighted by Gasteiger charge is 2.33. The molecule has 3 rings (SSSR count). The molecule has 11 heteroatoms. The molecule has 2 aromatic carbocycles. The molecule has 4 amide bonds. The molecule has 11 nitrogen and oxygen atoms in total. The number of ether oxygens (including phenoxy) is 3. The molecule has 47 heavy (non-hydrogen) atoms. The molecule has 0 aliphatic carbocycles. The van der Waals surface area contributed by atoms with E-state index in [0.29, 0.717) is 56.1 Å². The van der Waals surface area contributed by atoms with Gasteiger partial charge in [-0.25, -0.2) is 0 Å². The molecule has 0 radical (unpaired) electrons. The van der Waals surface area contributed by atoms with E-state index in [0.717, 1.165) is 5.56 Å². The molecule has 0 unspecified atom stereocenters. The number of nitrogens with one attached hydrogen (secondary N) is 3. The normalized spacial score (nSPS) is 19.3. The van der Waals surface area contributed by atoms with E-state index >= 15 is 0 Å². The minimum atomic E-state index is -1.18. The summed E-state index contributed by atoms with van der Waals surface area (Å²) in [4.78, 5) is 55.8. The molecule has 0 fully saturated rings. The van der Waals surface area contributed by atoms with Crippen molar-refractivity contribution in [2.24, 2.45) is 11.8 Å². The predicted molar refractivity (Wildman–Crippen MR) is 181 cm³/mol. The van der Waals surface area contributed by atoms with Crippen LogP contribution in [0.1, 0.15) is 76.2 Å². The molecule has 0 saturated carbocycles. The number of carbonyl (C=O) groups excluding carboxylic acids is 4. The second-order valence-electron chi connectivity index (χ2n) is 12.8. The maximum Gasteiger partial charge on any atom is 0.255 e. The first kappa shape index (κ1) is 37.2. The SMILES string of the molecule is CCOc1ccc(CCCNC(=O)[C@@H]2CC(=O)N[C@@H](CC(C)C)C(=O)N(C)[C@H](CC(C)C)COc3ccccc3C(=O)N2)cc1OC. The third-order valence-electron chi connectivity index (χ3n) is 8.02. The first-order valence-corrected chi connectivity index (χ1v) is 16.6. The van der Waals surface area contributed by atoms with Crippen LogP contribution in [0.2, 0.25) is 0 Å². The Bertz CT molecular complexity index is 1360. The van der Waals surface area contributed by atoms with Crippen LogP contribution in [0, 0.1) is 11.8 Å². The van der Waals surface area contributed by atoms with Crippen molar-refractivity contribution in [3.8, 4) is 17.2 Å². The molecule has 1 aliphatic rings. The van der Waals surface area contributed by atoms with Crippen molar-refractivity contribution >= 4 is 23.6 Å². The number of amides is 4. The van der Waals surface area contributed by atoms with Crippen LogP contribution in [0.5, 0.6) is 17.2 Å². The molecule has 0 bridgehead atoms. The lowest BCUT2D eigenvalue weighted by Crippen LogP contribution is -2.54. The molecular formula is C36H52N4O7. The number of aryl methyl sites for hydroxylation is 1. The van der Waals surface area contributed by atoms with Crippen molar-refractivity contribution < 1.29 is 33.4 Å². The van der Waals surface area contributed by atoms with E-state index in [4.69, 9.17) is 14.2 Å². The predicted octanol–water partition coefficient (Wildman–Crippen LogP) is 4.13. The van der Waals surface area contributed by atoms with Crippen LogP contribution in [0.4, 0.5) is 0 Å². The van der Waals surface area contributed by atoms with Gasteiger partial charge in [-0.15, -0.1) is 0 Å². The Kier molecular flexibility index (Phi) is 14.4. The van der Waals surface area contributed by atoms with Gasteiger partial charge in [0.15, 0.2) is 11.5 Å². The molecule has 2 aromatic rings. The third-order valence-corrected chi connectivity index (χ3v) is 8.02. The molecule has 1 aliphatic heterocycles. The van der Waals surface area contributed by atoms with Crippen LogP contribution in [-0.4, -0.2) is 80.6 Å². The molecular weight excluding hydrogens is 600 g/mol. The largest absolute Gasteiger partial charge is 0.493 e. The summed E-state index contributed by atoms with van der Waals surface area (Å²) in [6.45, 7) is 11.0. The summed E-state index contributed by atoms with van der Waals surface area (Å²) in [5.41, 5.74) is 1.26. The van der Waals surface area contributed by atoms with E-state index in [9.17, 15) is 19.2 Å². The number of nitrogens with zero attached hydrogens (tertiary/aromatic N) is 1. The number of rotatable bonds is 12. The fourth-order valence-electron chi connectivity index (χ4n) is 5.62. The van der Waals surface area contributed by atoms with E-state index < -0.39 is 29.8 Å². The molecule has 3 atom stereocenters. The Labute approximate surface area is 279 Å². The number of carbonyl (C=O) groups is 4. The van der Waals surface area contributed by atoms with E-state index in [1.807, 2.05) is 39.0 Å². The van der Waals surface area contributed by atoms with Crippen LogP contribution in [0.3, 0.4) is 0 Å². The number of likely N-dealkylation sites (N-methyl/N-ethyl adjacent to an activating group) is 1. The van der Waals surface area contributed by atoms with Gasteiger partial charge in [0.05, 0.1) is 31.7 Å². The Morgan fingerprint density at radius 1 is 1.02 bits per heavy atom. The van der Waals surface area contributed by atoms with Gasteiger partial charge in [0, 0.05) is 13.6 Å². The lowest BCUT2D eigenvalue weighted by atomic mass is 9.99. The molecule has 0 saturated heterocycles. The number of benzene rings is 2. The lowest BCUT2D eigenvalue weighted by molar-refractivity contribution is -0.138. The van der Waals surface area contributed by atoms with Gasteiger partial charge in [0.1, 0.15) is 24.4 Å². The second kappa shape index (κ2) is 18.2. The molecule has 3 N–H and O–H groups in total. The molecule has 258 valence electrons. The summed E-state index contributed by atoms with van der Waals surface area (Å²) >= 11 is 0. The lowest BCUT2D eigenvalue weighted by Gasteiger charge is -2.33. The minimum Gasteiger partial charge on any atom is -0.493 e. The van der Waals surface area contributed by atoms with Gasteiger partial charge in [0.25, 0.3) is 5.91 Å². The zero-order chi connectivity index (χ0) is 34.5. The van der Waals surface area contributed by atoms with Crippen molar-refractivity contribution in [1.29, 1.82) is 0 Å². The average Bonchev–Trinajstić information content (AvgIpc) is 3.03. The molecule has 1 heterocycles. The van der Waals surface area contributed by atoms with Crippen molar-refractivity contribution in [3.05, 3.63) is 53.6 Å². The zero-order valence-corrected chi connectivity index (χ0v) is 28.9. The van der Waals surface area contributed by atoms with Gasteiger partial charge in [0.2, 0.25) is 17.7 Å². The van der Waals surface area contributed by atoms with Crippen molar-refractivity contribution in [2.75, 3.05) is 33.9 Å². The summed E-state index contributed by atoms with van der Waals surface area (Å²) in [5, 5.41) is 8.48. The Morgan fingerprint density at radius 3 is 2.43 bits per heavy atom. The summed E-state index contributed by atoms with van der Waals surface area (Å²) < 4.78 is 17.2. The minimum absolute atomic E-state index is 0.123. The summed E-state index contributed by atoms with van der Waals surface area (Å²) in [6, 6.07) is 10.2. The Hall–Kier alpha value is -4.28. The number of hydrogen-bond acceptors (Lipinski definition) is 7. The van der Waals surface area contributed by atoms with E-state index in [2.05, 4.69) is 29.8 Å². The van der Waals surface area contributed by atoms with Crippen molar-refractivity contribution in [2.45, 2.75) is 84.8 Å². The Balaban J connectivity index is 1.81. The first-order chi connectivity index (χ1) is 22.4. The summed E-state index contributed by atoms with van der Waals surface area (Å²) in [6.07, 6.45) is 2.04. The number of fused-ring (bicyclic) bond motifs is 1. The van der Waals surface area contributed by atoms with E-state index in [1.165, 1.54) is 0 Å². The van der Waals surface area contributed by atoms with Gasteiger partial charge in [-0.3, -0.25) is 19.2 Å². The van der Waals surface area contributed by atoms with Gasteiger partial charge in [-0.05, 0) is 74.3 Å². The monoisotopic (exact) mass is 652 g/mol. The first-order valence-electron chi connectivity index (χ1n) is 16.6. The molecule has 0 aromatic heterocycles. The van der Waals surface area contributed by atoms with Gasteiger partial charge >= 0.3 is 0 Å². The van der Waals surface area contributed by atoms with E-state index in [1.54, 1.807) is 43.3 Å². The van der Waals surface area contributed by atoms with Gasteiger partial charge in [-0.1, -0.05) is 45.9 Å². The zero-order valence-electron chi connectivity index (χ0n) is 28.9. The summed E-state index contributed by atoms with van der Waals surface area (Å²) in [7, 11) is 3.31. The highest BCUT2D eigenvalue weighted by molar-refractivity contribution is 6.01. The standard InChI is InChI=1S/C36H52N4O7/c1-8-46-31-16-15-25(20-32(31)45-7)12-11-17-37-35(43)28-21-33(41)38-29(19-24(4)5)36(44)40(6)26(18-23(2)3)22-47-30-14-10-9-13-27(30)34(42)39-28/h9-10,13-16,20,23-24,26,28-29H,8,11-12,17-19,21-22H2,1-7H3,(H,37,43)(H,38,41)(H,39,42)/t26-,28+,29+/m1/s1. The van der Waals surface area contributed by atoms with Crippen LogP contribution in [0.25, 0.3) is 0 Å². The fourth-order valence-corrected chi connectivity index (χ4v) is 5.62. The highest BCUT2D eigenvalue weighted by atomic mass is 16.5. The van der Waals surface area contributed by atoms with Crippen LogP contribution in [0.15, 0.2) is 42.5 Å². The van der Waals surface area contributed by atoms with Crippen LogP contribution < -0.4 is 30.2 Å². The number of hydrogen-bond donors (Lipinski definition) is 3. The second-order valence-corrected chi connectivity index (χ2v) is 12.8. The Morgan fingerprint density at radius 2 is 1.74 bits per heavy atom. The molecule has 0 spiro atoms. The summed E-state index contributed by atoms with van der Waals surface area (Å²) in [5.74, 6) is 0.298. The van der Waals surface area contributed by atoms with Crippen LogP contribution >= 0.6 is 0 Å². The number of methoxy groups -OCH3 is 1. The van der Waals surface area contributed by atoms with Crippen molar-refractivity contribution in [1.82, 2.24) is 20.9 Å². The van der Waals surface area contributed by atoms with E-state index in [-0.39, 0.29) is 42.4 Å². The quantitative estimate of drug-likeness (QED) is 0.294. The fraction of sp³-hybridized carbons (Fsp3) is 0.556. The maximum absolute atomic E-state index is 13.8. The van der Waals surface area contributed by atoms with Gasteiger partial charge in [-0.2, -0.15) is 0 Å². The van der Waals surface area contributed by atoms with Crippen molar-refractivity contribution in [3.63, 3.8) is 0 Å². The third kappa shape index (κ3) is 11.2.